The normalized spacial score (nSPS) is 19.5. The van der Waals surface area contributed by atoms with Gasteiger partial charge in [-0.2, -0.15) is 0 Å². The van der Waals surface area contributed by atoms with Crippen molar-refractivity contribution in [2.45, 2.75) is 84.8 Å². The molecule has 0 radical (unpaired) electrons. The second-order valence-electron chi connectivity index (χ2n) is 12.0. The van der Waals surface area contributed by atoms with Crippen molar-refractivity contribution in [1.82, 2.24) is 0 Å². The molecule has 0 amide bonds. The molecule has 1 fully saturated rings. The van der Waals surface area contributed by atoms with Gasteiger partial charge in [-0.1, -0.05) is 90.1 Å². The first-order valence-electron chi connectivity index (χ1n) is 13.6. The van der Waals surface area contributed by atoms with Gasteiger partial charge >= 0.3 is 0 Å². The molecule has 0 aliphatic carbocycles. The maximum Gasteiger partial charge on any atom is 0.173 e. The number of nitrogens with one attached hydrogen (secondary N) is 1. The SMILES string of the molecule is CC(C)/N=C1\C(=N)N2c3cc(-c4ccccc4)c(C(C)C)cc3C(C)(C)C2N1c1ccc(C(C)C)cc1. The van der Waals surface area contributed by atoms with E-state index in [1.54, 1.807) is 0 Å². The Labute approximate surface area is 222 Å². The standard InChI is InChI=1S/C33H40N4/c1-20(2)23-14-16-25(17-15-23)36-31(35-22(5)6)30(34)37-29-19-27(24-12-10-9-11-13-24)26(21(3)4)18-28(29)33(7,8)32(36)37/h9-22,32,34H,1-8H3/b34-30?,35-31+. The number of fused-ring (bicyclic) bond motifs is 3. The third-order valence-corrected chi connectivity index (χ3v) is 7.86. The van der Waals surface area contributed by atoms with Gasteiger partial charge in [-0.3, -0.25) is 10.4 Å². The maximum atomic E-state index is 9.39. The molecular formula is C33H40N4. The number of aliphatic imine (C=N–C) groups is 1. The van der Waals surface area contributed by atoms with Crippen molar-refractivity contribution >= 4 is 23.0 Å². The third-order valence-electron chi connectivity index (χ3n) is 7.86. The Morgan fingerprint density at radius 1 is 0.811 bits per heavy atom. The largest absolute Gasteiger partial charge is 0.301 e. The number of hydrogen-bond acceptors (Lipinski definition) is 2. The smallest absolute Gasteiger partial charge is 0.173 e. The molecule has 0 saturated carbocycles. The van der Waals surface area contributed by atoms with Gasteiger partial charge in [0.1, 0.15) is 6.17 Å². The summed E-state index contributed by atoms with van der Waals surface area (Å²) in [4.78, 5) is 9.53. The van der Waals surface area contributed by atoms with E-state index in [0.717, 1.165) is 17.2 Å². The van der Waals surface area contributed by atoms with Crippen LogP contribution in [0.15, 0.2) is 71.7 Å². The Morgan fingerprint density at radius 2 is 1.46 bits per heavy atom. The minimum absolute atomic E-state index is 0.0524. The number of amidine groups is 2. The highest BCUT2D eigenvalue weighted by Crippen LogP contribution is 2.53. The van der Waals surface area contributed by atoms with Gasteiger partial charge in [-0.05, 0) is 71.7 Å². The zero-order valence-corrected chi connectivity index (χ0v) is 23.5. The van der Waals surface area contributed by atoms with Crippen molar-refractivity contribution < 1.29 is 0 Å². The highest BCUT2D eigenvalue weighted by Gasteiger charge is 2.56. The first kappa shape index (κ1) is 25.3. The number of rotatable bonds is 5. The fourth-order valence-corrected chi connectivity index (χ4v) is 5.93. The molecule has 2 aliphatic heterocycles. The van der Waals surface area contributed by atoms with Crippen molar-refractivity contribution in [2.75, 3.05) is 9.80 Å². The molecular weight excluding hydrogens is 452 g/mol. The average Bonchev–Trinajstić information content (AvgIpc) is 3.27. The highest BCUT2D eigenvalue weighted by molar-refractivity contribution is 6.52. The quantitative estimate of drug-likeness (QED) is 0.389. The summed E-state index contributed by atoms with van der Waals surface area (Å²) >= 11 is 0. The molecule has 192 valence electrons. The minimum atomic E-state index is -0.217. The van der Waals surface area contributed by atoms with E-state index >= 15 is 0 Å². The number of nitrogens with zero attached hydrogens (tertiary/aromatic N) is 3. The average molecular weight is 493 g/mol. The lowest BCUT2D eigenvalue weighted by molar-refractivity contribution is 0.456. The lowest BCUT2D eigenvalue weighted by Crippen LogP contribution is -2.48. The Bertz CT molecular complexity index is 1350. The van der Waals surface area contributed by atoms with Gasteiger partial charge in [0, 0.05) is 22.8 Å². The summed E-state index contributed by atoms with van der Waals surface area (Å²) in [5.74, 6) is 2.10. The summed E-state index contributed by atoms with van der Waals surface area (Å²) < 4.78 is 0. The van der Waals surface area contributed by atoms with Crippen molar-refractivity contribution in [3.05, 3.63) is 83.4 Å². The molecule has 1 unspecified atom stereocenters. The lowest BCUT2D eigenvalue weighted by Gasteiger charge is -2.35. The van der Waals surface area contributed by atoms with Gasteiger partial charge in [0.15, 0.2) is 11.7 Å². The van der Waals surface area contributed by atoms with Gasteiger partial charge in [0.2, 0.25) is 0 Å². The van der Waals surface area contributed by atoms with E-state index < -0.39 is 0 Å². The van der Waals surface area contributed by atoms with Crippen molar-refractivity contribution in [3.63, 3.8) is 0 Å². The molecule has 2 aliphatic rings. The van der Waals surface area contributed by atoms with E-state index in [1.165, 1.54) is 27.8 Å². The molecule has 0 spiro atoms. The fraction of sp³-hybridized carbons (Fsp3) is 0.394. The number of hydrogen-bond donors (Lipinski definition) is 1. The Balaban J connectivity index is 1.72. The van der Waals surface area contributed by atoms with E-state index in [1.807, 2.05) is 0 Å². The second kappa shape index (κ2) is 9.16. The molecule has 0 aromatic heterocycles. The second-order valence-corrected chi connectivity index (χ2v) is 12.0. The minimum Gasteiger partial charge on any atom is -0.301 e. The van der Waals surface area contributed by atoms with Crippen LogP contribution in [0.2, 0.25) is 0 Å². The summed E-state index contributed by atoms with van der Waals surface area (Å²) in [6, 6.07) is 24.3. The molecule has 0 bridgehead atoms. The number of anilines is 2. The highest BCUT2D eigenvalue weighted by atomic mass is 15.5. The zero-order chi connectivity index (χ0) is 26.6. The summed E-state index contributed by atoms with van der Waals surface area (Å²) in [6.07, 6.45) is -0.0524. The molecule has 5 rings (SSSR count). The van der Waals surface area contributed by atoms with E-state index in [4.69, 9.17) is 4.99 Å². The lowest BCUT2D eigenvalue weighted by atomic mass is 9.80. The zero-order valence-electron chi connectivity index (χ0n) is 23.5. The molecule has 3 aromatic rings. The van der Waals surface area contributed by atoms with Crippen LogP contribution in [0.3, 0.4) is 0 Å². The predicted octanol–water partition coefficient (Wildman–Crippen LogP) is 8.33. The monoisotopic (exact) mass is 492 g/mol. The Hall–Kier alpha value is -3.40. The van der Waals surface area contributed by atoms with E-state index in [2.05, 4.69) is 132 Å². The van der Waals surface area contributed by atoms with Crippen LogP contribution >= 0.6 is 0 Å². The molecule has 4 nitrogen and oxygen atoms in total. The predicted molar refractivity (Wildman–Crippen MR) is 159 cm³/mol. The van der Waals surface area contributed by atoms with Crippen molar-refractivity contribution in [1.29, 1.82) is 5.41 Å². The number of benzene rings is 3. The van der Waals surface area contributed by atoms with Crippen molar-refractivity contribution in [3.8, 4) is 11.1 Å². The van der Waals surface area contributed by atoms with Gasteiger partial charge < -0.3 is 9.80 Å². The van der Waals surface area contributed by atoms with Gasteiger partial charge in [0.05, 0.1) is 0 Å². The summed E-state index contributed by atoms with van der Waals surface area (Å²) in [7, 11) is 0. The van der Waals surface area contributed by atoms with E-state index in [0.29, 0.717) is 17.7 Å². The van der Waals surface area contributed by atoms with Crippen LogP contribution in [-0.4, -0.2) is 23.9 Å². The van der Waals surface area contributed by atoms with Crippen LogP contribution in [0.4, 0.5) is 11.4 Å². The molecule has 2 heterocycles. The molecule has 37 heavy (non-hydrogen) atoms. The summed E-state index contributed by atoms with van der Waals surface area (Å²) in [5.41, 5.74) is 8.45. The molecule has 4 heteroatoms. The van der Waals surface area contributed by atoms with Crippen LogP contribution in [-0.2, 0) is 5.41 Å². The van der Waals surface area contributed by atoms with Crippen LogP contribution in [0.25, 0.3) is 11.1 Å². The Morgan fingerprint density at radius 3 is 2.03 bits per heavy atom. The Kier molecular flexibility index (Phi) is 6.26. The van der Waals surface area contributed by atoms with Crippen LogP contribution in [0.5, 0.6) is 0 Å². The fourth-order valence-electron chi connectivity index (χ4n) is 5.93. The topological polar surface area (TPSA) is 42.7 Å². The van der Waals surface area contributed by atoms with E-state index in [9.17, 15) is 5.41 Å². The van der Waals surface area contributed by atoms with Gasteiger partial charge in [-0.15, -0.1) is 0 Å². The summed E-state index contributed by atoms with van der Waals surface area (Å²) in [5, 5.41) is 9.39. The van der Waals surface area contributed by atoms with Gasteiger partial charge in [-0.25, -0.2) is 0 Å². The molecule has 1 saturated heterocycles. The molecule has 1 N–H and O–H groups in total. The first-order valence-corrected chi connectivity index (χ1v) is 13.6. The van der Waals surface area contributed by atoms with Crippen LogP contribution in [0.1, 0.15) is 83.9 Å². The van der Waals surface area contributed by atoms with E-state index in [-0.39, 0.29) is 17.6 Å². The van der Waals surface area contributed by atoms with Crippen LogP contribution in [0, 0.1) is 5.41 Å². The summed E-state index contributed by atoms with van der Waals surface area (Å²) in [6.45, 7) is 17.8. The van der Waals surface area contributed by atoms with Gasteiger partial charge in [0.25, 0.3) is 0 Å². The third kappa shape index (κ3) is 4.07. The first-order chi connectivity index (χ1) is 17.5. The molecule has 1 atom stereocenters. The molecule has 3 aromatic carbocycles. The van der Waals surface area contributed by atoms with Crippen LogP contribution < -0.4 is 9.80 Å². The van der Waals surface area contributed by atoms with Crippen molar-refractivity contribution in [2.24, 2.45) is 4.99 Å². The maximum absolute atomic E-state index is 9.39.